The zero-order valence-corrected chi connectivity index (χ0v) is 21.8. The maximum atomic E-state index is 14.6. The van der Waals surface area contributed by atoms with E-state index in [1.807, 2.05) is 0 Å². The largest absolute Gasteiger partial charge is 0.494 e. The quantitative estimate of drug-likeness (QED) is 0.255. The number of terminal acetylenes is 1. The lowest BCUT2D eigenvalue weighted by molar-refractivity contribution is -0.265. The number of aromatic nitrogens is 2. The van der Waals surface area contributed by atoms with Crippen molar-refractivity contribution >= 4 is 16.8 Å². The highest BCUT2D eigenvalue weighted by molar-refractivity contribution is 5.99. The normalized spacial score (nSPS) is 17.7. The fraction of sp³-hybridized carbons (Fsp3) is 0.233. The van der Waals surface area contributed by atoms with E-state index >= 15 is 0 Å². The minimum absolute atomic E-state index is 0.00547. The van der Waals surface area contributed by atoms with Crippen LogP contribution in [-0.4, -0.2) is 47.4 Å². The fourth-order valence-corrected chi connectivity index (χ4v) is 4.61. The van der Waals surface area contributed by atoms with E-state index in [2.05, 4.69) is 21.2 Å². The summed E-state index contributed by atoms with van der Waals surface area (Å²) in [7, 11) is 1.37. The topological polar surface area (TPSA) is 93.6 Å². The first-order valence-corrected chi connectivity index (χ1v) is 12.3. The van der Waals surface area contributed by atoms with Gasteiger partial charge in [-0.2, -0.15) is 13.2 Å². The Morgan fingerprint density at radius 3 is 2.61 bits per heavy atom. The van der Waals surface area contributed by atoms with Gasteiger partial charge in [0.05, 0.1) is 24.8 Å². The van der Waals surface area contributed by atoms with Crippen LogP contribution in [0.1, 0.15) is 28.5 Å². The molecule has 2 atom stereocenters. The average Bonchev–Trinajstić information content (AvgIpc) is 3.31. The van der Waals surface area contributed by atoms with Crippen LogP contribution in [0.2, 0.25) is 0 Å². The van der Waals surface area contributed by atoms with Gasteiger partial charge in [-0.15, -0.1) is 6.42 Å². The number of hydrogen-bond acceptors (Lipinski definition) is 6. The first-order valence-electron chi connectivity index (χ1n) is 12.3. The lowest BCUT2D eigenvalue weighted by Crippen LogP contribution is -2.51. The summed E-state index contributed by atoms with van der Waals surface area (Å²) in [5, 5.41) is 13.9. The molecule has 3 heterocycles. The Hall–Kier alpha value is -4.69. The minimum atomic E-state index is -5.28. The van der Waals surface area contributed by atoms with Crippen LogP contribution in [0.5, 0.6) is 11.5 Å². The van der Waals surface area contributed by atoms with Crippen molar-refractivity contribution in [2.24, 2.45) is 0 Å². The first kappa shape index (κ1) is 27.9. The van der Waals surface area contributed by atoms with Gasteiger partial charge in [-0.05, 0) is 55.5 Å². The van der Waals surface area contributed by atoms with Gasteiger partial charge in [0, 0.05) is 28.3 Å². The maximum absolute atomic E-state index is 14.6. The third-order valence-corrected chi connectivity index (χ3v) is 7.06. The van der Waals surface area contributed by atoms with E-state index in [4.69, 9.17) is 15.9 Å². The van der Waals surface area contributed by atoms with Gasteiger partial charge < -0.3 is 19.9 Å². The van der Waals surface area contributed by atoms with Crippen LogP contribution in [-0.2, 0) is 11.0 Å². The number of methoxy groups -OCH3 is 1. The van der Waals surface area contributed by atoms with Crippen LogP contribution < -0.4 is 14.8 Å². The molecule has 11 heteroatoms. The summed E-state index contributed by atoms with van der Waals surface area (Å²) in [6, 6.07) is 12.0. The molecule has 0 saturated heterocycles. The second-order valence-corrected chi connectivity index (χ2v) is 9.80. The molecule has 1 unspecified atom stereocenters. The number of aliphatic hydroxyl groups is 1. The smallest absolute Gasteiger partial charge is 0.424 e. The highest BCUT2D eigenvalue weighted by atomic mass is 19.4. The number of hydrogen-bond donors (Lipinski definition) is 2. The van der Waals surface area contributed by atoms with Crippen LogP contribution in [0.25, 0.3) is 22.2 Å². The van der Waals surface area contributed by atoms with E-state index in [0.29, 0.717) is 10.9 Å². The van der Waals surface area contributed by atoms with Gasteiger partial charge in [0.1, 0.15) is 29.4 Å². The Morgan fingerprint density at radius 2 is 1.95 bits per heavy atom. The molecule has 1 amide bonds. The number of amides is 1. The second-order valence-electron chi connectivity index (χ2n) is 9.80. The van der Waals surface area contributed by atoms with Gasteiger partial charge in [0.2, 0.25) is 5.60 Å². The van der Waals surface area contributed by atoms with Crippen molar-refractivity contribution < 1.29 is 36.9 Å². The second kappa shape index (κ2) is 10.1. The Morgan fingerprint density at radius 1 is 1.22 bits per heavy atom. The maximum Gasteiger partial charge on any atom is 0.424 e. The molecule has 4 aromatic rings. The zero-order chi connectivity index (χ0) is 29.6. The lowest BCUT2D eigenvalue weighted by Gasteiger charge is -2.31. The van der Waals surface area contributed by atoms with Gasteiger partial charge in [-0.25, -0.2) is 9.37 Å². The summed E-state index contributed by atoms with van der Waals surface area (Å²) >= 11 is 0. The van der Waals surface area contributed by atoms with Crippen LogP contribution in [0.3, 0.4) is 0 Å². The van der Waals surface area contributed by atoms with Crippen LogP contribution in [0, 0.1) is 18.2 Å². The van der Waals surface area contributed by atoms with Crippen LogP contribution in [0.4, 0.5) is 17.6 Å². The van der Waals surface area contributed by atoms with Crippen molar-refractivity contribution in [1.29, 1.82) is 0 Å². The standard InChI is InChI=1S/C30H23F4N3O4/c1-4-28(2)16-41-26-21(28)14-23(37-25(26)17-7-9-20(31)10-8-17)29(39,30(32,33)34)15-36-27(38)19-12-18-6-5-11-35-24(18)22(13-19)40-3/h1,5-14,39H,15-16H2,2-3H3,(H,36,38)/t28-,29?/m0/s1. The molecule has 0 radical (unpaired) electrons. The van der Waals surface area contributed by atoms with Crippen LogP contribution >= 0.6 is 0 Å². The molecule has 2 N–H and O–H groups in total. The van der Waals surface area contributed by atoms with Gasteiger partial charge in [-0.1, -0.05) is 12.0 Å². The Bertz CT molecular complexity index is 1700. The van der Waals surface area contributed by atoms with E-state index < -0.39 is 41.2 Å². The summed E-state index contributed by atoms with van der Waals surface area (Å²) in [6.45, 7) is 0.288. The van der Waals surface area contributed by atoms with E-state index in [-0.39, 0.29) is 40.5 Å². The minimum Gasteiger partial charge on any atom is -0.494 e. The molecule has 0 spiro atoms. The third kappa shape index (κ3) is 4.80. The highest BCUT2D eigenvalue weighted by Crippen LogP contribution is 2.47. The molecule has 7 nitrogen and oxygen atoms in total. The molecular formula is C30H23F4N3O4. The van der Waals surface area contributed by atoms with E-state index in [9.17, 15) is 27.5 Å². The number of rotatable bonds is 6. The van der Waals surface area contributed by atoms with Gasteiger partial charge in [-0.3, -0.25) is 9.78 Å². The summed E-state index contributed by atoms with van der Waals surface area (Å²) in [5.41, 5.74) is -4.73. The number of pyridine rings is 2. The molecule has 2 aromatic heterocycles. The number of ether oxygens (including phenoxy) is 2. The number of nitrogens with zero attached hydrogens (tertiary/aromatic N) is 2. The Labute approximate surface area is 232 Å². The molecule has 0 bridgehead atoms. The van der Waals surface area contributed by atoms with Crippen molar-refractivity contribution in [2.45, 2.75) is 24.1 Å². The molecule has 1 aliphatic heterocycles. The summed E-state index contributed by atoms with van der Waals surface area (Å²) < 4.78 is 68.4. The fourth-order valence-electron chi connectivity index (χ4n) is 4.61. The SMILES string of the molecule is C#C[C@@]1(C)COc2c1cc(C(O)(CNC(=O)c1cc(OC)c3ncccc3c1)C(F)(F)F)nc2-c1ccc(F)cc1. The monoisotopic (exact) mass is 565 g/mol. The molecule has 5 rings (SSSR count). The number of alkyl halides is 3. The first-order chi connectivity index (χ1) is 19.4. The molecule has 0 aliphatic carbocycles. The Balaban J connectivity index is 1.58. The summed E-state index contributed by atoms with van der Waals surface area (Å²) in [5.74, 6) is 1.46. The van der Waals surface area contributed by atoms with E-state index in [1.54, 1.807) is 19.1 Å². The molecule has 210 valence electrons. The predicted molar refractivity (Wildman–Crippen MR) is 142 cm³/mol. The predicted octanol–water partition coefficient (Wildman–Crippen LogP) is 4.91. The molecule has 41 heavy (non-hydrogen) atoms. The lowest BCUT2D eigenvalue weighted by atomic mass is 9.83. The van der Waals surface area contributed by atoms with Gasteiger partial charge >= 0.3 is 6.18 Å². The molecular weight excluding hydrogens is 542 g/mol. The van der Waals surface area contributed by atoms with E-state index in [0.717, 1.165) is 18.2 Å². The Kier molecular flexibility index (Phi) is 6.83. The summed E-state index contributed by atoms with van der Waals surface area (Å²) in [6.07, 6.45) is 1.96. The highest BCUT2D eigenvalue weighted by Gasteiger charge is 2.57. The average molecular weight is 566 g/mol. The van der Waals surface area contributed by atoms with Crippen molar-refractivity contribution in [1.82, 2.24) is 15.3 Å². The van der Waals surface area contributed by atoms with Crippen molar-refractivity contribution in [2.75, 3.05) is 20.3 Å². The van der Waals surface area contributed by atoms with Gasteiger partial charge in [0.25, 0.3) is 5.91 Å². The molecule has 0 saturated carbocycles. The van der Waals surface area contributed by atoms with Crippen molar-refractivity contribution in [3.05, 3.63) is 83.4 Å². The third-order valence-electron chi connectivity index (χ3n) is 7.06. The summed E-state index contributed by atoms with van der Waals surface area (Å²) in [4.78, 5) is 21.4. The van der Waals surface area contributed by atoms with E-state index in [1.165, 1.54) is 37.6 Å². The number of halogens is 4. The number of carbonyl (C=O) groups is 1. The number of nitrogens with one attached hydrogen (secondary N) is 1. The molecule has 1 aliphatic rings. The molecule has 2 aromatic carbocycles. The van der Waals surface area contributed by atoms with Crippen molar-refractivity contribution in [3.63, 3.8) is 0 Å². The number of benzene rings is 2. The number of fused-ring (bicyclic) bond motifs is 2. The van der Waals surface area contributed by atoms with Gasteiger partial charge in [0.15, 0.2) is 5.75 Å². The molecule has 0 fully saturated rings. The number of carbonyl (C=O) groups excluding carboxylic acids is 1. The van der Waals surface area contributed by atoms with Crippen LogP contribution in [0.15, 0.2) is 60.8 Å². The van der Waals surface area contributed by atoms with Crippen molar-refractivity contribution in [3.8, 4) is 35.1 Å². The zero-order valence-electron chi connectivity index (χ0n) is 21.8.